The molecule has 0 aliphatic heterocycles. The van der Waals surface area contributed by atoms with Crippen LogP contribution in [-0.4, -0.2) is 42.1 Å². The van der Waals surface area contributed by atoms with Crippen molar-refractivity contribution in [2.75, 3.05) is 19.7 Å². The van der Waals surface area contributed by atoms with Gasteiger partial charge in [0.15, 0.2) is 5.78 Å². The van der Waals surface area contributed by atoms with Crippen molar-refractivity contribution >= 4 is 11.7 Å². The van der Waals surface area contributed by atoms with Gasteiger partial charge in [0.05, 0.1) is 6.54 Å². The molecule has 0 heterocycles. The van der Waals surface area contributed by atoms with Gasteiger partial charge >= 0.3 is 0 Å². The molecule has 1 aromatic carbocycles. The van der Waals surface area contributed by atoms with Crippen LogP contribution in [0.3, 0.4) is 0 Å². The number of benzene rings is 1. The Morgan fingerprint density at radius 2 is 1.88 bits per heavy atom. The van der Waals surface area contributed by atoms with E-state index in [0.29, 0.717) is 36.7 Å². The van der Waals surface area contributed by atoms with Crippen LogP contribution in [0.15, 0.2) is 49.2 Å². The Kier molecular flexibility index (Phi) is 7.20. The third kappa shape index (κ3) is 6.66. The summed E-state index contributed by atoms with van der Waals surface area (Å²) < 4.78 is 5.54. The molecule has 24 heavy (non-hydrogen) atoms. The van der Waals surface area contributed by atoms with Crippen molar-refractivity contribution in [2.45, 2.75) is 19.4 Å². The number of amides is 1. The molecule has 1 rings (SSSR count). The normalized spacial score (nSPS) is 10.6. The van der Waals surface area contributed by atoms with Gasteiger partial charge in [0, 0.05) is 17.8 Å². The van der Waals surface area contributed by atoms with E-state index in [9.17, 15) is 14.7 Å². The third-order valence-corrected chi connectivity index (χ3v) is 3.08. The molecule has 130 valence electrons. The second-order valence-electron chi connectivity index (χ2n) is 5.71. The van der Waals surface area contributed by atoms with E-state index in [2.05, 4.69) is 23.8 Å². The van der Waals surface area contributed by atoms with E-state index in [1.807, 2.05) is 0 Å². The lowest BCUT2D eigenvalue weighted by Crippen LogP contribution is -2.31. The number of Topliss-reactive ketones (excluding diaryl/α,β-unsaturated/α-hetero) is 1. The van der Waals surface area contributed by atoms with Gasteiger partial charge in [-0.1, -0.05) is 13.2 Å². The highest BCUT2D eigenvalue weighted by Crippen LogP contribution is 2.16. The van der Waals surface area contributed by atoms with Crippen molar-refractivity contribution in [3.05, 3.63) is 54.8 Å². The smallest absolute Gasteiger partial charge is 0.243 e. The first-order chi connectivity index (χ1) is 11.2. The number of aliphatic hydroxyl groups is 1. The highest BCUT2D eigenvalue weighted by molar-refractivity contribution is 6.01. The fourth-order valence-electron chi connectivity index (χ4n) is 1.78. The molecule has 1 aromatic rings. The molecular formula is C18H24N2O4. The standard InChI is InChI=1S/C18H24N2O4/c1-5-16(21)20-12-13(2)19-10-11-24-15-8-6-14(7-9-15)17(22)18(3,4)23/h5-9,19,23H,1-2,10-12H2,3-4H3,(H,20,21). The first-order valence-electron chi connectivity index (χ1n) is 7.56. The molecule has 3 N–H and O–H groups in total. The van der Waals surface area contributed by atoms with Gasteiger partial charge in [0.25, 0.3) is 0 Å². The Hall–Kier alpha value is -2.60. The zero-order valence-corrected chi connectivity index (χ0v) is 14.1. The molecule has 0 bridgehead atoms. The Bertz CT molecular complexity index is 600. The predicted octanol–water partition coefficient (Wildman–Crippen LogP) is 1.42. The van der Waals surface area contributed by atoms with Crippen LogP contribution < -0.4 is 15.4 Å². The molecular weight excluding hydrogens is 308 g/mol. The van der Waals surface area contributed by atoms with E-state index in [1.54, 1.807) is 24.3 Å². The number of hydrogen-bond acceptors (Lipinski definition) is 5. The number of carbonyl (C=O) groups excluding carboxylic acids is 2. The minimum absolute atomic E-state index is 0.255. The van der Waals surface area contributed by atoms with Crippen molar-refractivity contribution < 1.29 is 19.4 Å². The summed E-state index contributed by atoms with van der Waals surface area (Å²) >= 11 is 0. The van der Waals surface area contributed by atoms with Gasteiger partial charge in [-0.05, 0) is 44.2 Å². The summed E-state index contributed by atoms with van der Waals surface area (Å²) in [5.74, 6) is 0.0261. The van der Waals surface area contributed by atoms with Gasteiger partial charge in [-0.2, -0.15) is 0 Å². The molecule has 0 spiro atoms. The summed E-state index contributed by atoms with van der Waals surface area (Å²) in [6, 6.07) is 6.59. The van der Waals surface area contributed by atoms with Gasteiger partial charge in [0.2, 0.25) is 5.91 Å². The molecule has 6 heteroatoms. The molecule has 0 aromatic heterocycles. The van der Waals surface area contributed by atoms with Crippen LogP contribution in [-0.2, 0) is 4.79 Å². The minimum atomic E-state index is -1.40. The largest absolute Gasteiger partial charge is 0.492 e. The van der Waals surface area contributed by atoms with E-state index in [4.69, 9.17) is 4.74 Å². The monoisotopic (exact) mass is 332 g/mol. The highest BCUT2D eigenvalue weighted by Gasteiger charge is 2.24. The second kappa shape index (κ2) is 8.88. The topological polar surface area (TPSA) is 87.7 Å². The summed E-state index contributed by atoms with van der Waals surface area (Å²) in [5, 5.41) is 15.3. The molecule has 0 saturated heterocycles. The molecule has 1 amide bonds. The first kappa shape index (κ1) is 19.4. The zero-order chi connectivity index (χ0) is 18.2. The Morgan fingerprint density at radius 3 is 2.42 bits per heavy atom. The van der Waals surface area contributed by atoms with Crippen LogP contribution >= 0.6 is 0 Å². The van der Waals surface area contributed by atoms with E-state index in [0.717, 1.165) is 0 Å². The third-order valence-electron chi connectivity index (χ3n) is 3.08. The maximum atomic E-state index is 11.9. The van der Waals surface area contributed by atoms with E-state index < -0.39 is 5.60 Å². The van der Waals surface area contributed by atoms with Crippen molar-refractivity contribution in [2.24, 2.45) is 0 Å². The highest BCUT2D eigenvalue weighted by atomic mass is 16.5. The van der Waals surface area contributed by atoms with Crippen molar-refractivity contribution in [3.63, 3.8) is 0 Å². The summed E-state index contributed by atoms with van der Waals surface area (Å²) in [4.78, 5) is 22.9. The molecule has 0 saturated carbocycles. The summed E-state index contributed by atoms with van der Waals surface area (Å²) in [6.07, 6.45) is 1.20. The van der Waals surface area contributed by atoms with Crippen LogP contribution in [0.1, 0.15) is 24.2 Å². The van der Waals surface area contributed by atoms with Crippen LogP contribution in [0.25, 0.3) is 0 Å². The minimum Gasteiger partial charge on any atom is -0.492 e. The number of rotatable bonds is 10. The van der Waals surface area contributed by atoms with E-state index >= 15 is 0 Å². The van der Waals surface area contributed by atoms with Crippen LogP contribution in [0, 0.1) is 0 Å². The lowest BCUT2D eigenvalue weighted by Gasteiger charge is -2.15. The van der Waals surface area contributed by atoms with Gasteiger partial charge in [0.1, 0.15) is 18.0 Å². The first-order valence-corrected chi connectivity index (χ1v) is 7.56. The lowest BCUT2D eigenvalue weighted by atomic mass is 9.97. The lowest BCUT2D eigenvalue weighted by molar-refractivity contribution is -0.116. The van der Waals surface area contributed by atoms with Crippen molar-refractivity contribution in [3.8, 4) is 5.75 Å². The maximum absolute atomic E-state index is 11.9. The fourth-order valence-corrected chi connectivity index (χ4v) is 1.78. The number of carbonyl (C=O) groups is 2. The van der Waals surface area contributed by atoms with Crippen molar-refractivity contribution in [1.82, 2.24) is 10.6 Å². The summed E-state index contributed by atoms with van der Waals surface area (Å²) in [6.45, 7) is 11.3. The summed E-state index contributed by atoms with van der Waals surface area (Å²) in [7, 11) is 0. The SMILES string of the molecule is C=CC(=O)NCC(=C)NCCOc1ccc(C(=O)C(C)(C)O)cc1. The molecule has 0 fully saturated rings. The maximum Gasteiger partial charge on any atom is 0.243 e. The fraction of sp³-hybridized carbons (Fsp3) is 0.333. The van der Waals surface area contributed by atoms with Gasteiger partial charge in [-0.25, -0.2) is 0 Å². The van der Waals surface area contributed by atoms with E-state index in [1.165, 1.54) is 19.9 Å². The van der Waals surface area contributed by atoms with Crippen molar-refractivity contribution in [1.29, 1.82) is 0 Å². The summed E-state index contributed by atoms with van der Waals surface area (Å²) in [5.41, 5.74) is -0.299. The van der Waals surface area contributed by atoms with Crippen LogP contribution in [0.4, 0.5) is 0 Å². The van der Waals surface area contributed by atoms with Gasteiger partial charge in [-0.3, -0.25) is 9.59 Å². The Labute approximate surface area is 142 Å². The Balaban J connectivity index is 2.33. The molecule has 6 nitrogen and oxygen atoms in total. The van der Waals surface area contributed by atoms with Crippen LogP contribution in [0.2, 0.25) is 0 Å². The number of nitrogens with one attached hydrogen (secondary N) is 2. The molecule has 0 radical (unpaired) electrons. The van der Waals surface area contributed by atoms with Gasteiger partial charge < -0.3 is 20.5 Å². The predicted molar refractivity (Wildman–Crippen MR) is 92.9 cm³/mol. The molecule has 0 aliphatic carbocycles. The molecule has 0 unspecified atom stereocenters. The zero-order valence-electron chi connectivity index (χ0n) is 14.1. The van der Waals surface area contributed by atoms with Gasteiger partial charge in [-0.15, -0.1) is 0 Å². The number of ether oxygens (including phenoxy) is 1. The molecule has 0 atom stereocenters. The number of ketones is 1. The van der Waals surface area contributed by atoms with Crippen LogP contribution in [0.5, 0.6) is 5.75 Å². The average molecular weight is 332 g/mol. The Morgan fingerprint density at radius 1 is 1.25 bits per heavy atom. The quantitative estimate of drug-likeness (QED) is 0.343. The average Bonchev–Trinajstić information content (AvgIpc) is 2.55. The molecule has 0 aliphatic rings. The number of hydrogen-bond donors (Lipinski definition) is 3. The van der Waals surface area contributed by atoms with E-state index in [-0.39, 0.29) is 11.7 Å². The second-order valence-corrected chi connectivity index (χ2v) is 5.71.